The summed E-state index contributed by atoms with van der Waals surface area (Å²) in [5.41, 5.74) is 4.72. The van der Waals surface area contributed by atoms with Gasteiger partial charge in [0.05, 0.1) is 0 Å². The molecule has 1 aromatic heterocycles. The molecule has 0 aliphatic rings. The fourth-order valence-electron chi connectivity index (χ4n) is 0.329. The number of anilines is 1. The number of carbonyl (C=O) groups excluding carboxylic acids is 1. The third-order valence-electron chi connectivity index (χ3n) is 0.587. The summed E-state index contributed by atoms with van der Waals surface area (Å²) in [4.78, 5) is 10.1. The van der Waals surface area contributed by atoms with Crippen LogP contribution in [0, 0.1) is 0 Å². The zero-order chi connectivity index (χ0) is 6.69. The molecule has 0 saturated carbocycles. The minimum absolute atomic E-state index is 0.141. The van der Waals surface area contributed by atoms with Gasteiger partial charge in [-0.1, -0.05) is 5.10 Å². The predicted molar refractivity (Wildman–Crippen MR) is 27.4 cm³/mol. The molecule has 0 radical (unpaired) electrons. The first-order valence-corrected chi connectivity index (χ1v) is 2.09. The summed E-state index contributed by atoms with van der Waals surface area (Å²) in [6.07, 6.45) is 0. The smallest absolute Gasteiger partial charge is 0.319 e. The van der Waals surface area contributed by atoms with E-state index in [0.717, 1.165) is 0 Å². The maximum Gasteiger partial charge on any atom is 0.319 e. The summed E-state index contributed by atoms with van der Waals surface area (Å²) < 4.78 is 0. The number of hydrogen-bond acceptors (Lipinski definition) is 4. The van der Waals surface area contributed by atoms with Crippen LogP contribution in [-0.2, 0) is 0 Å². The van der Waals surface area contributed by atoms with Crippen LogP contribution in [0.15, 0.2) is 0 Å². The lowest BCUT2D eigenvalue weighted by Crippen LogP contribution is -2.20. The van der Waals surface area contributed by atoms with Crippen molar-refractivity contribution in [2.45, 2.75) is 0 Å². The highest BCUT2D eigenvalue weighted by Crippen LogP contribution is 1.86. The van der Waals surface area contributed by atoms with Gasteiger partial charge in [0.25, 0.3) is 0 Å². The second-order valence-corrected chi connectivity index (χ2v) is 1.24. The molecule has 0 saturated heterocycles. The van der Waals surface area contributed by atoms with Crippen molar-refractivity contribution in [2.75, 3.05) is 5.32 Å². The van der Waals surface area contributed by atoms with Crippen LogP contribution in [0.4, 0.5) is 10.7 Å². The first kappa shape index (κ1) is 5.48. The van der Waals surface area contributed by atoms with Gasteiger partial charge in [-0.15, -0.1) is 0 Å². The topological polar surface area (TPSA) is 110 Å². The Labute approximate surface area is 49.6 Å². The van der Waals surface area contributed by atoms with Gasteiger partial charge in [0.2, 0.25) is 5.95 Å². The molecule has 0 unspecified atom stereocenters. The van der Waals surface area contributed by atoms with E-state index in [4.69, 9.17) is 5.73 Å². The number of amides is 2. The SMILES string of the molecule is NC(=O)Nc1nnn[nH]1. The number of rotatable bonds is 1. The zero-order valence-electron chi connectivity index (χ0n) is 4.33. The lowest BCUT2D eigenvalue weighted by atomic mass is 10.9. The standard InChI is InChI=1S/C2H4N6O/c3-1(9)4-2-5-7-8-6-2/h(H4,3,4,5,6,7,8,9). The van der Waals surface area contributed by atoms with Crippen molar-refractivity contribution in [2.24, 2.45) is 5.73 Å². The van der Waals surface area contributed by atoms with Crippen LogP contribution in [0.25, 0.3) is 0 Å². The van der Waals surface area contributed by atoms with Crippen molar-refractivity contribution in [3.8, 4) is 0 Å². The van der Waals surface area contributed by atoms with E-state index in [9.17, 15) is 4.79 Å². The lowest BCUT2D eigenvalue weighted by Gasteiger charge is -1.89. The molecule has 7 nitrogen and oxygen atoms in total. The lowest BCUT2D eigenvalue weighted by molar-refractivity contribution is 0.259. The average molecular weight is 128 g/mol. The van der Waals surface area contributed by atoms with E-state index in [1.807, 2.05) is 0 Å². The number of urea groups is 1. The third-order valence-corrected chi connectivity index (χ3v) is 0.587. The number of H-pyrrole nitrogens is 1. The maximum atomic E-state index is 10.1. The number of nitrogens with zero attached hydrogens (tertiary/aromatic N) is 3. The van der Waals surface area contributed by atoms with Gasteiger partial charge >= 0.3 is 6.03 Å². The van der Waals surface area contributed by atoms with Gasteiger partial charge in [0.1, 0.15) is 0 Å². The van der Waals surface area contributed by atoms with E-state index >= 15 is 0 Å². The largest absolute Gasteiger partial charge is 0.351 e. The highest BCUT2D eigenvalue weighted by molar-refractivity contribution is 5.85. The fourth-order valence-corrected chi connectivity index (χ4v) is 0.329. The minimum Gasteiger partial charge on any atom is -0.351 e. The van der Waals surface area contributed by atoms with E-state index < -0.39 is 6.03 Å². The van der Waals surface area contributed by atoms with Gasteiger partial charge in [-0.05, 0) is 10.4 Å². The van der Waals surface area contributed by atoms with E-state index in [1.54, 1.807) is 0 Å². The molecule has 0 aliphatic heterocycles. The minimum atomic E-state index is -0.700. The number of aromatic nitrogens is 4. The molecule has 4 N–H and O–H groups in total. The maximum absolute atomic E-state index is 10.1. The molecule has 1 aromatic rings. The van der Waals surface area contributed by atoms with Crippen molar-refractivity contribution in [1.82, 2.24) is 20.6 Å². The van der Waals surface area contributed by atoms with Crippen LogP contribution in [-0.4, -0.2) is 26.7 Å². The molecule has 0 aromatic carbocycles. The van der Waals surface area contributed by atoms with Crippen LogP contribution in [0.5, 0.6) is 0 Å². The number of primary amides is 1. The monoisotopic (exact) mass is 128 g/mol. The van der Waals surface area contributed by atoms with E-state index in [2.05, 4.69) is 25.9 Å². The predicted octanol–water partition coefficient (Wildman–Crippen LogP) is -1.31. The first-order valence-electron chi connectivity index (χ1n) is 2.09. The highest BCUT2D eigenvalue weighted by Gasteiger charge is 1.96. The van der Waals surface area contributed by atoms with Crippen LogP contribution in [0.3, 0.4) is 0 Å². The van der Waals surface area contributed by atoms with Gasteiger partial charge < -0.3 is 5.73 Å². The third kappa shape index (κ3) is 1.37. The highest BCUT2D eigenvalue weighted by atomic mass is 16.2. The Morgan fingerprint density at radius 2 is 2.56 bits per heavy atom. The average Bonchev–Trinajstić information content (AvgIpc) is 2.15. The van der Waals surface area contributed by atoms with Crippen molar-refractivity contribution >= 4 is 12.0 Å². The second kappa shape index (κ2) is 2.07. The summed E-state index contributed by atoms with van der Waals surface area (Å²) in [7, 11) is 0. The van der Waals surface area contributed by atoms with Gasteiger partial charge in [-0.25, -0.2) is 9.89 Å². The molecule has 0 fully saturated rings. The Morgan fingerprint density at radius 1 is 1.78 bits per heavy atom. The normalized spacial score (nSPS) is 8.89. The van der Waals surface area contributed by atoms with Crippen LogP contribution >= 0.6 is 0 Å². The Hall–Kier alpha value is -1.66. The number of hydrogen-bond donors (Lipinski definition) is 3. The van der Waals surface area contributed by atoms with Crippen LogP contribution in [0.2, 0.25) is 0 Å². The number of aromatic amines is 1. The molecule has 0 aliphatic carbocycles. The van der Waals surface area contributed by atoms with Crippen molar-refractivity contribution in [1.29, 1.82) is 0 Å². The summed E-state index contributed by atoms with van der Waals surface area (Å²) >= 11 is 0. The number of tetrazole rings is 1. The molecule has 0 bridgehead atoms. The molecule has 9 heavy (non-hydrogen) atoms. The molecular formula is C2H4N6O. The number of nitrogens with one attached hydrogen (secondary N) is 2. The second-order valence-electron chi connectivity index (χ2n) is 1.24. The molecule has 48 valence electrons. The molecular weight excluding hydrogens is 124 g/mol. The molecule has 0 atom stereocenters. The summed E-state index contributed by atoms with van der Waals surface area (Å²) in [6.45, 7) is 0. The van der Waals surface area contributed by atoms with Crippen LogP contribution in [0.1, 0.15) is 0 Å². The summed E-state index contributed by atoms with van der Waals surface area (Å²) in [5.74, 6) is 0.141. The molecule has 7 heteroatoms. The van der Waals surface area contributed by atoms with Gasteiger partial charge in [0, 0.05) is 0 Å². The van der Waals surface area contributed by atoms with E-state index in [1.165, 1.54) is 0 Å². The molecule has 0 spiro atoms. The quantitative estimate of drug-likeness (QED) is 0.436. The molecule has 1 heterocycles. The van der Waals surface area contributed by atoms with Gasteiger partial charge in [-0.3, -0.25) is 5.32 Å². The Bertz CT molecular complexity index is 191. The Balaban J connectivity index is 2.58. The van der Waals surface area contributed by atoms with Crippen molar-refractivity contribution in [3.05, 3.63) is 0 Å². The summed E-state index contributed by atoms with van der Waals surface area (Å²) in [5, 5.41) is 14.1. The van der Waals surface area contributed by atoms with Gasteiger partial charge in [0.15, 0.2) is 0 Å². The zero-order valence-corrected chi connectivity index (χ0v) is 4.33. The number of carbonyl (C=O) groups is 1. The Morgan fingerprint density at radius 3 is 3.00 bits per heavy atom. The molecule has 2 amide bonds. The molecule has 1 rings (SSSR count). The van der Waals surface area contributed by atoms with E-state index in [0.29, 0.717) is 0 Å². The number of nitrogens with two attached hydrogens (primary N) is 1. The van der Waals surface area contributed by atoms with Crippen LogP contribution < -0.4 is 11.1 Å². The summed E-state index contributed by atoms with van der Waals surface area (Å²) in [6, 6.07) is -0.700. The Kier molecular flexibility index (Phi) is 1.26. The first-order chi connectivity index (χ1) is 4.29. The van der Waals surface area contributed by atoms with Crippen molar-refractivity contribution < 1.29 is 4.79 Å². The fraction of sp³-hybridized carbons (Fsp3) is 0. The van der Waals surface area contributed by atoms with Crippen molar-refractivity contribution in [3.63, 3.8) is 0 Å². The van der Waals surface area contributed by atoms with Gasteiger partial charge in [-0.2, -0.15) is 0 Å². The van der Waals surface area contributed by atoms with E-state index in [-0.39, 0.29) is 5.95 Å².